The summed E-state index contributed by atoms with van der Waals surface area (Å²) in [4.78, 5) is 23.6. The SMILES string of the molecule is CCC1CCC(NC(=O)c2ccc(OC)c(OC(C)=O)c2)CC1. The molecule has 126 valence electrons. The fourth-order valence-electron chi connectivity index (χ4n) is 3.04. The van der Waals surface area contributed by atoms with Gasteiger partial charge in [0, 0.05) is 18.5 Å². The Morgan fingerprint density at radius 1 is 1.17 bits per heavy atom. The first kappa shape index (κ1) is 17.3. The van der Waals surface area contributed by atoms with Gasteiger partial charge in [0.05, 0.1) is 7.11 Å². The smallest absolute Gasteiger partial charge is 0.308 e. The van der Waals surface area contributed by atoms with E-state index in [1.165, 1.54) is 33.3 Å². The van der Waals surface area contributed by atoms with Crippen LogP contribution < -0.4 is 14.8 Å². The monoisotopic (exact) mass is 319 g/mol. The van der Waals surface area contributed by atoms with E-state index in [1.807, 2.05) is 0 Å². The van der Waals surface area contributed by atoms with Gasteiger partial charge in [-0.25, -0.2) is 0 Å². The molecule has 23 heavy (non-hydrogen) atoms. The molecule has 1 N–H and O–H groups in total. The Bertz CT molecular complexity index is 562. The number of hydrogen-bond acceptors (Lipinski definition) is 4. The van der Waals surface area contributed by atoms with E-state index in [4.69, 9.17) is 9.47 Å². The lowest BCUT2D eigenvalue weighted by atomic mass is 9.84. The molecule has 5 heteroatoms. The molecule has 2 rings (SSSR count). The second kappa shape index (κ2) is 7.99. The van der Waals surface area contributed by atoms with Gasteiger partial charge in [0.2, 0.25) is 0 Å². The Hall–Kier alpha value is -2.04. The van der Waals surface area contributed by atoms with Gasteiger partial charge in [0.1, 0.15) is 0 Å². The molecule has 0 spiro atoms. The summed E-state index contributed by atoms with van der Waals surface area (Å²) in [6.07, 6.45) is 5.60. The van der Waals surface area contributed by atoms with Crippen LogP contribution in [0.4, 0.5) is 0 Å². The fourth-order valence-corrected chi connectivity index (χ4v) is 3.04. The van der Waals surface area contributed by atoms with Crippen molar-refractivity contribution in [1.82, 2.24) is 5.32 Å². The first-order valence-electron chi connectivity index (χ1n) is 8.20. The molecule has 5 nitrogen and oxygen atoms in total. The number of carbonyl (C=O) groups is 2. The van der Waals surface area contributed by atoms with E-state index in [1.54, 1.807) is 18.2 Å². The van der Waals surface area contributed by atoms with Crippen LogP contribution in [0.1, 0.15) is 56.3 Å². The molecule has 1 aliphatic carbocycles. The third-order valence-corrected chi connectivity index (χ3v) is 4.44. The van der Waals surface area contributed by atoms with Crippen LogP contribution >= 0.6 is 0 Å². The number of nitrogens with one attached hydrogen (secondary N) is 1. The molecule has 0 saturated heterocycles. The van der Waals surface area contributed by atoms with Crippen molar-refractivity contribution in [1.29, 1.82) is 0 Å². The Kier molecular flexibility index (Phi) is 6.02. The quantitative estimate of drug-likeness (QED) is 0.668. The summed E-state index contributed by atoms with van der Waals surface area (Å²) < 4.78 is 10.2. The molecular formula is C18H25NO4. The van der Waals surface area contributed by atoms with Gasteiger partial charge in [-0.2, -0.15) is 0 Å². The largest absolute Gasteiger partial charge is 0.493 e. The zero-order valence-electron chi connectivity index (χ0n) is 14.1. The molecule has 1 aromatic rings. The van der Waals surface area contributed by atoms with E-state index in [2.05, 4.69) is 12.2 Å². The van der Waals surface area contributed by atoms with Crippen molar-refractivity contribution in [3.63, 3.8) is 0 Å². The standard InChI is InChI=1S/C18H25NO4/c1-4-13-5-8-15(9-6-13)19-18(21)14-7-10-16(22-3)17(11-14)23-12(2)20/h7,10-11,13,15H,4-6,8-9H2,1-3H3,(H,19,21). The first-order valence-corrected chi connectivity index (χ1v) is 8.20. The number of benzene rings is 1. The summed E-state index contributed by atoms with van der Waals surface area (Å²) in [6, 6.07) is 5.09. The highest BCUT2D eigenvalue weighted by molar-refractivity contribution is 5.95. The van der Waals surface area contributed by atoms with Crippen LogP contribution in [0.3, 0.4) is 0 Å². The van der Waals surface area contributed by atoms with Gasteiger partial charge in [-0.1, -0.05) is 13.3 Å². The second-order valence-electron chi connectivity index (χ2n) is 6.06. The Balaban J connectivity index is 2.03. The highest BCUT2D eigenvalue weighted by Gasteiger charge is 2.22. The van der Waals surface area contributed by atoms with E-state index in [9.17, 15) is 9.59 Å². The zero-order valence-corrected chi connectivity index (χ0v) is 14.1. The molecule has 1 fully saturated rings. The number of methoxy groups -OCH3 is 1. The third-order valence-electron chi connectivity index (χ3n) is 4.44. The van der Waals surface area contributed by atoms with Gasteiger partial charge in [-0.3, -0.25) is 9.59 Å². The molecule has 0 atom stereocenters. The lowest BCUT2D eigenvalue weighted by molar-refractivity contribution is -0.132. The number of hydrogen-bond donors (Lipinski definition) is 1. The first-order chi connectivity index (χ1) is 11.0. The van der Waals surface area contributed by atoms with Crippen molar-refractivity contribution in [3.8, 4) is 11.5 Å². The second-order valence-corrected chi connectivity index (χ2v) is 6.06. The third kappa shape index (κ3) is 4.71. The van der Waals surface area contributed by atoms with E-state index < -0.39 is 5.97 Å². The Morgan fingerprint density at radius 3 is 2.43 bits per heavy atom. The Morgan fingerprint density at radius 2 is 1.87 bits per heavy atom. The molecule has 0 aliphatic heterocycles. The van der Waals surface area contributed by atoms with Gasteiger partial charge < -0.3 is 14.8 Å². The van der Waals surface area contributed by atoms with Crippen LogP contribution in [0.2, 0.25) is 0 Å². The molecule has 1 saturated carbocycles. The maximum Gasteiger partial charge on any atom is 0.308 e. The molecule has 0 unspecified atom stereocenters. The average Bonchev–Trinajstić information content (AvgIpc) is 2.55. The number of esters is 1. The van der Waals surface area contributed by atoms with Gasteiger partial charge >= 0.3 is 5.97 Å². The van der Waals surface area contributed by atoms with E-state index >= 15 is 0 Å². The van der Waals surface area contributed by atoms with Crippen LogP contribution in [-0.4, -0.2) is 25.0 Å². The van der Waals surface area contributed by atoms with Crippen LogP contribution in [0.5, 0.6) is 11.5 Å². The highest BCUT2D eigenvalue weighted by Crippen LogP contribution is 2.29. The number of carbonyl (C=O) groups excluding carboxylic acids is 2. The summed E-state index contributed by atoms with van der Waals surface area (Å²) in [6.45, 7) is 3.54. The predicted molar refractivity (Wildman–Crippen MR) is 87.8 cm³/mol. The van der Waals surface area contributed by atoms with Gasteiger partial charge in [-0.15, -0.1) is 0 Å². The molecule has 0 heterocycles. The molecule has 0 bridgehead atoms. The van der Waals surface area contributed by atoms with Crippen LogP contribution in [0, 0.1) is 5.92 Å². The lowest BCUT2D eigenvalue weighted by Crippen LogP contribution is -2.37. The molecule has 0 radical (unpaired) electrons. The normalized spacial score (nSPS) is 20.7. The Labute approximate surface area is 137 Å². The molecular weight excluding hydrogens is 294 g/mol. The molecule has 0 aromatic heterocycles. The summed E-state index contributed by atoms with van der Waals surface area (Å²) in [5, 5.41) is 3.08. The van der Waals surface area contributed by atoms with E-state index in [0.717, 1.165) is 18.8 Å². The van der Waals surface area contributed by atoms with Crippen molar-refractivity contribution in [2.75, 3.05) is 7.11 Å². The molecule has 1 aliphatic rings. The minimum absolute atomic E-state index is 0.138. The maximum atomic E-state index is 12.4. The summed E-state index contributed by atoms with van der Waals surface area (Å²) in [7, 11) is 1.49. The van der Waals surface area contributed by atoms with Crippen LogP contribution in [0.25, 0.3) is 0 Å². The van der Waals surface area contributed by atoms with Crippen molar-refractivity contribution in [2.24, 2.45) is 5.92 Å². The molecule has 1 aromatic carbocycles. The number of ether oxygens (including phenoxy) is 2. The topological polar surface area (TPSA) is 64.6 Å². The van der Waals surface area contributed by atoms with Gasteiger partial charge in [-0.05, 0) is 49.8 Å². The van der Waals surface area contributed by atoms with Crippen molar-refractivity contribution in [2.45, 2.75) is 52.0 Å². The minimum Gasteiger partial charge on any atom is -0.493 e. The summed E-state index contributed by atoms with van der Waals surface area (Å²) in [5.41, 5.74) is 0.472. The maximum absolute atomic E-state index is 12.4. The summed E-state index contributed by atoms with van der Waals surface area (Å²) >= 11 is 0. The van der Waals surface area contributed by atoms with Crippen LogP contribution in [-0.2, 0) is 4.79 Å². The fraction of sp³-hybridized carbons (Fsp3) is 0.556. The van der Waals surface area contributed by atoms with E-state index in [0.29, 0.717) is 11.3 Å². The number of rotatable bonds is 5. The van der Waals surface area contributed by atoms with Crippen molar-refractivity contribution >= 4 is 11.9 Å². The lowest BCUT2D eigenvalue weighted by Gasteiger charge is -2.28. The predicted octanol–water partition coefficient (Wildman–Crippen LogP) is 3.32. The van der Waals surface area contributed by atoms with Crippen molar-refractivity contribution in [3.05, 3.63) is 23.8 Å². The number of amides is 1. The zero-order chi connectivity index (χ0) is 16.8. The van der Waals surface area contributed by atoms with Crippen LogP contribution in [0.15, 0.2) is 18.2 Å². The minimum atomic E-state index is -0.446. The summed E-state index contributed by atoms with van der Waals surface area (Å²) in [5.74, 6) is 0.905. The average molecular weight is 319 g/mol. The van der Waals surface area contributed by atoms with Gasteiger partial charge in [0.15, 0.2) is 11.5 Å². The highest BCUT2D eigenvalue weighted by atomic mass is 16.6. The van der Waals surface area contributed by atoms with Gasteiger partial charge in [0.25, 0.3) is 5.91 Å². The van der Waals surface area contributed by atoms with Crippen molar-refractivity contribution < 1.29 is 19.1 Å². The van der Waals surface area contributed by atoms with E-state index in [-0.39, 0.29) is 17.7 Å². The molecule has 1 amide bonds.